The van der Waals surface area contributed by atoms with Crippen LogP contribution in [-0.4, -0.2) is 23.5 Å². The lowest BCUT2D eigenvalue weighted by Crippen LogP contribution is -2.44. The van der Waals surface area contributed by atoms with Gasteiger partial charge in [0.15, 0.2) is 0 Å². The van der Waals surface area contributed by atoms with Crippen LogP contribution >= 0.6 is 0 Å². The predicted molar refractivity (Wildman–Crippen MR) is 92.5 cm³/mol. The number of nitrogens with zero attached hydrogens (tertiary/aromatic N) is 1. The van der Waals surface area contributed by atoms with E-state index in [1.165, 1.54) is 5.56 Å². The van der Waals surface area contributed by atoms with Crippen molar-refractivity contribution in [3.8, 4) is 0 Å². The largest absolute Gasteiger partial charge is 0.361 e. The molecule has 0 bridgehead atoms. The van der Waals surface area contributed by atoms with Gasteiger partial charge in [0, 0.05) is 29.3 Å². The summed E-state index contributed by atoms with van der Waals surface area (Å²) in [5.74, 6) is 0.000214. The summed E-state index contributed by atoms with van der Waals surface area (Å²) in [7, 11) is 0. The van der Waals surface area contributed by atoms with E-state index in [2.05, 4.69) is 17.1 Å². The van der Waals surface area contributed by atoms with Crippen LogP contribution in [0.2, 0.25) is 0 Å². The lowest BCUT2D eigenvalue weighted by Gasteiger charge is -2.21. The standard InChI is InChI=1S/C19H19N3O/c20-16(11-14-12-21-17-7-3-2-6-15(14)17)19(23)22-10-9-13-5-1-4-8-18(13)22/h1-8,12,16,21H,9-11,20H2/t16-/m0/s1. The summed E-state index contributed by atoms with van der Waals surface area (Å²) in [6.45, 7) is 0.722. The number of carbonyl (C=O) groups excluding carboxylic acids is 1. The Balaban J connectivity index is 1.56. The minimum atomic E-state index is -0.527. The highest BCUT2D eigenvalue weighted by Crippen LogP contribution is 2.28. The lowest BCUT2D eigenvalue weighted by atomic mass is 10.0. The van der Waals surface area contributed by atoms with Crippen LogP contribution < -0.4 is 10.6 Å². The molecule has 0 saturated carbocycles. The summed E-state index contributed by atoms with van der Waals surface area (Å²) < 4.78 is 0. The number of anilines is 1. The van der Waals surface area contributed by atoms with Crippen LogP contribution in [0.5, 0.6) is 0 Å². The maximum atomic E-state index is 12.8. The molecule has 23 heavy (non-hydrogen) atoms. The Kier molecular flexibility index (Phi) is 3.39. The van der Waals surface area contributed by atoms with E-state index in [4.69, 9.17) is 5.73 Å². The lowest BCUT2D eigenvalue weighted by molar-refractivity contribution is -0.119. The van der Waals surface area contributed by atoms with Crippen molar-refractivity contribution in [2.75, 3.05) is 11.4 Å². The molecule has 2 heterocycles. The van der Waals surface area contributed by atoms with E-state index in [0.717, 1.165) is 35.1 Å². The fourth-order valence-corrected chi connectivity index (χ4v) is 3.39. The molecule has 0 spiro atoms. The Labute approximate surface area is 134 Å². The van der Waals surface area contributed by atoms with Gasteiger partial charge in [-0.2, -0.15) is 0 Å². The number of fused-ring (bicyclic) bond motifs is 2. The molecule has 1 atom stereocenters. The average Bonchev–Trinajstić information content (AvgIpc) is 3.19. The summed E-state index contributed by atoms with van der Waals surface area (Å²) in [5.41, 5.74) is 10.6. The van der Waals surface area contributed by atoms with Gasteiger partial charge in [0.05, 0.1) is 6.04 Å². The minimum absolute atomic E-state index is 0.000214. The molecular weight excluding hydrogens is 286 g/mol. The number of nitrogens with one attached hydrogen (secondary N) is 1. The number of nitrogens with two attached hydrogens (primary N) is 1. The third kappa shape index (κ3) is 2.41. The molecule has 3 aromatic rings. The molecule has 4 heteroatoms. The number of benzene rings is 2. The van der Waals surface area contributed by atoms with E-state index < -0.39 is 6.04 Å². The SMILES string of the molecule is N[C@@H](Cc1c[nH]c2ccccc12)C(=O)N1CCc2ccccc21. The molecule has 1 amide bonds. The zero-order valence-corrected chi connectivity index (χ0v) is 12.8. The van der Waals surface area contributed by atoms with Gasteiger partial charge in [-0.1, -0.05) is 36.4 Å². The van der Waals surface area contributed by atoms with Crippen molar-refractivity contribution >= 4 is 22.5 Å². The van der Waals surface area contributed by atoms with Gasteiger partial charge >= 0.3 is 0 Å². The normalized spacial score (nSPS) is 14.9. The summed E-state index contributed by atoms with van der Waals surface area (Å²) >= 11 is 0. The van der Waals surface area contributed by atoms with E-state index in [0.29, 0.717) is 6.42 Å². The molecule has 1 aliphatic heterocycles. The zero-order chi connectivity index (χ0) is 15.8. The third-order valence-electron chi connectivity index (χ3n) is 4.59. The van der Waals surface area contributed by atoms with Crippen LogP contribution in [0.3, 0.4) is 0 Å². The van der Waals surface area contributed by atoms with Crippen molar-refractivity contribution in [2.24, 2.45) is 5.73 Å². The van der Waals surface area contributed by atoms with Crippen molar-refractivity contribution in [3.63, 3.8) is 0 Å². The highest BCUT2D eigenvalue weighted by atomic mass is 16.2. The fourth-order valence-electron chi connectivity index (χ4n) is 3.39. The molecule has 3 N–H and O–H groups in total. The summed E-state index contributed by atoms with van der Waals surface area (Å²) in [6.07, 6.45) is 3.40. The first-order valence-corrected chi connectivity index (χ1v) is 7.94. The van der Waals surface area contributed by atoms with Gasteiger partial charge in [0.2, 0.25) is 5.91 Å². The highest BCUT2D eigenvalue weighted by Gasteiger charge is 2.28. The monoisotopic (exact) mass is 305 g/mol. The molecule has 1 aromatic heterocycles. The Morgan fingerprint density at radius 2 is 1.96 bits per heavy atom. The second-order valence-electron chi connectivity index (χ2n) is 6.04. The number of hydrogen-bond donors (Lipinski definition) is 2. The van der Waals surface area contributed by atoms with Crippen molar-refractivity contribution in [1.29, 1.82) is 0 Å². The molecule has 4 rings (SSSR count). The van der Waals surface area contributed by atoms with Crippen molar-refractivity contribution in [1.82, 2.24) is 4.98 Å². The van der Waals surface area contributed by atoms with E-state index >= 15 is 0 Å². The maximum absolute atomic E-state index is 12.8. The fraction of sp³-hybridized carbons (Fsp3) is 0.211. The van der Waals surface area contributed by atoms with E-state index in [1.807, 2.05) is 47.5 Å². The second kappa shape index (κ2) is 5.56. The van der Waals surface area contributed by atoms with Gasteiger partial charge in [0.25, 0.3) is 0 Å². The topological polar surface area (TPSA) is 62.1 Å². The average molecular weight is 305 g/mol. The van der Waals surface area contributed by atoms with Crippen LogP contribution in [-0.2, 0) is 17.6 Å². The van der Waals surface area contributed by atoms with E-state index in [1.54, 1.807) is 0 Å². The predicted octanol–water partition coefficient (Wildman–Crippen LogP) is 2.63. The Bertz CT molecular complexity index is 868. The Morgan fingerprint density at radius 1 is 1.17 bits per heavy atom. The molecule has 0 saturated heterocycles. The second-order valence-corrected chi connectivity index (χ2v) is 6.04. The maximum Gasteiger partial charge on any atom is 0.244 e. The number of carbonyl (C=O) groups is 1. The van der Waals surface area contributed by atoms with Gasteiger partial charge < -0.3 is 15.6 Å². The van der Waals surface area contributed by atoms with Gasteiger partial charge in [-0.15, -0.1) is 0 Å². The van der Waals surface area contributed by atoms with Gasteiger partial charge in [-0.05, 0) is 36.1 Å². The summed E-state index contributed by atoms with van der Waals surface area (Å²) in [4.78, 5) is 17.8. The molecule has 0 radical (unpaired) electrons. The van der Waals surface area contributed by atoms with Gasteiger partial charge in [-0.3, -0.25) is 4.79 Å². The molecule has 0 fully saturated rings. The first-order chi connectivity index (χ1) is 11.2. The zero-order valence-electron chi connectivity index (χ0n) is 12.8. The summed E-state index contributed by atoms with van der Waals surface area (Å²) in [6, 6.07) is 15.6. The molecule has 4 nitrogen and oxygen atoms in total. The van der Waals surface area contributed by atoms with Crippen LogP contribution in [0.15, 0.2) is 54.7 Å². The number of para-hydroxylation sites is 2. The van der Waals surface area contributed by atoms with Crippen LogP contribution in [0, 0.1) is 0 Å². The van der Waals surface area contributed by atoms with Crippen LogP contribution in [0.4, 0.5) is 5.69 Å². The Morgan fingerprint density at radius 3 is 2.87 bits per heavy atom. The number of hydrogen-bond acceptors (Lipinski definition) is 2. The number of rotatable bonds is 3. The van der Waals surface area contributed by atoms with E-state index in [-0.39, 0.29) is 5.91 Å². The quantitative estimate of drug-likeness (QED) is 0.781. The molecule has 2 aromatic carbocycles. The number of H-pyrrole nitrogens is 1. The van der Waals surface area contributed by atoms with Crippen LogP contribution in [0.1, 0.15) is 11.1 Å². The molecule has 116 valence electrons. The first-order valence-electron chi connectivity index (χ1n) is 7.94. The molecule has 1 aliphatic rings. The molecule has 0 unspecified atom stereocenters. The number of aromatic nitrogens is 1. The summed E-state index contributed by atoms with van der Waals surface area (Å²) in [5, 5.41) is 1.14. The van der Waals surface area contributed by atoms with Crippen molar-refractivity contribution < 1.29 is 4.79 Å². The van der Waals surface area contributed by atoms with Crippen molar-refractivity contribution in [3.05, 3.63) is 65.9 Å². The molecule has 0 aliphatic carbocycles. The van der Waals surface area contributed by atoms with Gasteiger partial charge in [0.1, 0.15) is 0 Å². The minimum Gasteiger partial charge on any atom is -0.361 e. The number of amides is 1. The first kappa shape index (κ1) is 14.0. The number of aromatic amines is 1. The van der Waals surface area contributed by atoms with Crippen LogP contribution in [0.25, 0.3) is 10.9 Å². The smallest absolute Gasteiger partial charge is 0.244 e. The Hall–Kier alpha value is -2.59. The van der Waals surface area contributed by atoms with Gasteiger partial charge in [-0.25, -0.2) is 0 Å². The highest BCUT2D eigenvalue weighted by molar-refractivity contribution is 5.99. The third-order valence-corrected chi connectivity index (χ3v) is 4.59. The van der Waals surface area contributed by atoms with E-state index in [9.17, 15) is 4.79 Å². The van der Waals surface area contributed by atoms with Crippen molar-refractivity contribution in [2.45, 2.75) is 18.9 Å². The molecular formula is C19H19N3O.